The van der Waals surface area contributed by atoms with Crippen molar-refractivity contribution >= 4 is 24.2 Å². The predicted octanol–water partition coefficient (Wildman–Crippen LogP) is 12.0. The molecule has 2 aromatic heterocycles. The maximum absolute atomic E-state index is 5.03. The number of rotatable bonds is 7. The van der Waals surface area contributed by atoms with E-state index in [9.17, 15) is 0 Å². The Morgan fingerprint density at radius 3 is 1.58 bits per heavy atom. The summed E-state index contributed by atoms with van der Waals surface area (Å²) >= 11 is 0. The predicted molar refractivity (Wildman–Crippen MR) is 237 cm³/mol. The Morgan fingerprint density at radius 1 is 0.404 bits per heavy atom. The van der Waals surface area contributed by atoms with Crippen LogP contribution in [0, 0.1) is 0 Å². The quantitative estimate of drug-likeness (QED) is 0.152. The molecule has 10 rings (SSSR count). The summed E-state index contributed by atoms with van der Waals surface area (Å²) in [4.78, 5) is 20.0. The summed E-state index contributed by atoms with van der Waals surface area (Å²) in [6.45, 7) is 7.08. The van der Waals surface area contributed by atoms with E-state index < -0.39 is 13.5 Å². The molecular weight excluding hydrogens is 709 g/mol. The molecule has 4 nitrogen and oxygen atoms in total. The molecule has 0 N–H and O–H groups in total. The minimum atomic E-state index is -1.45. The van der Waals surface area contributed by atoms with Crippen molar-refractivity contribution in [3.05, 3.63) is 210 Å². The van der Waals surface area contributed by atoms with E-state index in [4.69, 9.17) is 19.9 Å². The van der Waals surface area contributed by atoms with Gasteiger partial charge in [0, 0.05) is 33.8 Å². The number of hydrogen-bond donors (Lipinski definition) is 0. The van der Waals surface area contributed by atoms with Gasteiger partial charge in [-0.05, 0) is 57.1 Å². The van der Waals surface area contributed by atoms with Crippen molar-refractivity contribution in [1.29, 1.82) is 0 Å². The SMILES string of the molecule is C[Si](C)(C)c1ccc(-c2nc(-c3ccccc3)nc(-c3ccc4cc(-c5ccc6c(c5)-c5ccccc5C6(c5ccccc5)c5ccccc5)cnc4c3)n2)cc1. The van der Waals surface area contributed by atoms with E-state index in [0.29, 0.717) is 17.5 Å². The second-order valence-electron chi connectivity index (χ2n) is 15.9. The Labute approximate surface area is 334 Å². The van der Waals surface area contributed by atoms with Gasteiger partial charge in [-0.25, -0.2) is 15.0 Å². The van der Waals surface area contributed by atoms with Gasteiger partial charge in [0.1, 0.15) is 0 Å². The van der Waals surface area contributed by atoms with Crippen molar-refractivity contribution in [2.24, 2.45) is 0 Å². The van der Waals surface area contributed by atoms with Gasteiger partial charge in [-0.1, -0.05) is 189 Å². The van der Waals surface area contributed by atoms with E-state index in [0.717, 1.165) is 38.7 Å². The molecule has 7 aromatic carbocycles. The van der Waals surface area contributed by atoms with Crippen molar-refractivity contribution in [3.63, 3.8) is 0 Å². The Morgan fingerprint density at radius 2 is 0.930 bits per heavy atom. The molecule has 9 aromatic rings. The lowest BCUT2D eigenvalue weighted by Gasteiger charge is -2.33. The second-order valence-corrected chi connectivity index (χ2v) is 21.0. The van der Waals surface area contributed by atoms with Gasteiger partial charge in [0.2, 0.25) is 0 Å². The van der Waals surface area contributed by atoms with Crippen LogP contribution >= 0.6 is 0 Å². The maximum Gasteiger partial charge on any atom is 0.164 e. The number of pyridine rings is 1. The first-order valence-corrected chi connectivity index (χ1v) is 23.0. The molecule has 0 saturated heterocycles. The molecule has 0 atom stereocenters. The monoisotopic (exact) mass is 748 g/mol. The topological polar surface area (TPSA) is 51.6 Å². The molecule has 0 fully saturated rings. The van der Waals surface area contributed by atoms with Crippen molar-refractivity contribution < 1.29 is 0 Å². The number of nitrogens with zero attached hydrogens (tertiary/aromatic N) is 4. The van der Waals surface area contributed by atoms with E-state index in [2.05, 4.69) is 171 Å². The number of benzene rings is 7. The summed E-state index contributed by atoms with van der Waals surface area (Å²) in [5.41, 5.74) is 13.1. The highest BCUT2D eigenvalue weighted by Crippen LogP contribution is 2.56. The van der Waals surface area contributed by atoms with Crippen LogP contribution in [0.4, 0.5) is 0 Å². The first kappa shape index (κ1) is 34.7. The zero-order chi connectivity index (χ0) is 38.6. The maximum atomic E-state index is 5.03. The summed E-state index contributed by atoms with van der Waals surface area (Å²) in [6, 6.07) is 65.1. The average Bonchev–Trinajstić information content (AvgIpc) is 3.57. The van der Waals surface area contributed by atoms with Gasteiger partial charge in [-0.2, -0.15) is 0 Å². The van der Waals surface area contributed by atoms with Gasteiger partial charge < -0.3 is 0 Å². The normalized spacial score (nSPS) is 13.0. The fraction of sp³-hybridized carbons (Fsp3) is 0.0769. The lowest BCUT2D eigenvalue weighted by molar-refractivity contribution is 0.768. The summed E-state index contributed by atoms with van der Waals surface area (Å²) < 4.78 is 0. The minimum Gasteiger partial charge on any atom is -0.256 e. The Hall–Kier alpha value is -6.82. The van der Waals surface area contributed by atoms with Gasteiger partial charge in [-0.3, -0.25) is 4.98 Å². The lowest BCUT2D eigenvalue weighted by atomic mass is 9.67. The molecule has 0 bridgehead atoms. The van der Waals surface area contributed by atoms with Crippen LogP contribution in [0.25, 0.3) is 67.3 Å². The third-order valence-electron chi connectivity index (χ3n) is 11.4. The van der Waals surface area contributed by atoms with Crippen LogP contribution in [0.15, 0.2) is 188 Å². The molecule has 272 valence electrons. The van der Waals surface area contributed by atoms with Crippen LogP contribution in [0.3, 0.4) is 0 Å². The summed E-state index contributed by atoms with van der Waals surface area (Å²) in [5.74, 6) is 1.93. The molecule has 0 saturated carbocycles. The number of hydrogen-bond acceptors (Lipinski definition) is 4. The Bertz CT molecular complexity index is 2880. The molecule has 1 aliphatic rings. The van der Waals surface area contributed by atoms with Crippen LogP contribution in [0.2, 0.25) is 19.6 Å². The average molecular weight is 749 g/mol. The highest BCUT2D eigenvalue weighted by molar-refractivity contribution is 6.88. The third-order valence-corrected chi connectivity index (χ3v) is 13.5. The second kappa shape index (κ2) is 13.7. The molecular formula is C52H40N4Si. The highest BCUT2D eigenvalue weighted by atomic mass is 28.3. The van der Waals surface area contributed by atoms with Crippen molar-refractivity contribution in [2.75, 3.05) is 0 Å². The molecule has 1 aliphatic carbocycles. The molecule has 0 spiro atoms. The van der Waals surface area contributed by atoms with E-state index in [-0.39, 0.29) is 0 Å². The largest absolute Gasteiger partial charge is 0.256 e. The third kappa shape index (κ3) is 5.99. The van der Waals surface area contributed by atoms with Crippen LogP contribution in [0.5, 0.6) is 0 Å². The molecule has 5 heteroatoms. The zero-order valence-electron chi connectivity index (χ0n) is 32.2. The van der Waals surface area contributed by atoms with E-state index in [1.165, 1.54) is 38.6 Å². The molecule has 2 heterocycles. The van der Waals surface area contributed by atoms with E-state index in [1.54, 1.807) is 0 Å². The van der Waals surface area contributed by atoms with Crippen molar-refractivity contribution in [3.8, 4) is 56.4 Å². The molecule has 0 unspecified atom stereocenters. The lowest BCUT2D eigenvalue weighted by Crippen LogP contribution is -2.37. The van der Waals surface area contributed by atoms with Gasteiger partial charge in [0.15, 0.2) is 17.5 Å². The van der Waals surface area contributed by atoms with Crippen molar-refractivity contribution in [1.82, 2.24) is 19.9 Å². The number of fused-ring (bicyclic) bond motifs is 4. The minimum absolute atomic E-state index is 0.419. The Balaban J connectivity index is 1.05. The van der Waals surface area contributed by atoms with Crippen molar-refractivity contribution in [2.45, 2.75) is 25.1 Å². The van der Waals surface area contributed by atoms with Crippen LogP contribution in [0.1, 0.15) is 22.3 Å². The van der Waals surface area contributed by atoms with Crippen LogP contribution < -0.4 is 5.19 Å². The molecule has 0 aliphatic heterocycles. The van der Waals surface area contributed by atoms with Gasteiger partial charge in [0.05, 0.1) is 19.0 Å². The summed E-state index contributed by atoms with van der Waals surface area (Å²) in [7, 11) is -1.45. The van der Waals surface area contributed by atoms with Crippen LogP contribution in [-0.4, -0.2) is 28.0 Å². The standard InChI is InChI=1S/C52H40N4Si/c1-57(2,3)43-28-25-36(26-29-43)50-54-49(35-15-7-4-8-16-35)55-51(56-50)39-24-23-38-31-40(34-53-48(38)33-39)37-27-30-47-45(32-37)44-21-13-14-22-46(44)52(47,41-17-9-5-10-18-41)42-19-11-6-12-20-42/h4-34H,1-3H3. The van der Waals surface area contributed by atoms with E-state index >= 15 is 0 Å². The summed E-state index contributed by atoms with van der Waals surface area (Å²) in [5, 5.41) is 2.46. The summed E-state index contributed by atoms with van der Waals surface area (Å²) in [6.07, 6.45) is 1.99. The molecule has 0 amide bonds. The van der Waals surface area contributed by atoms with Gasteiger partial charge >= 0.3 is 0 Å². The van der Waals surface area contributed by atoms with Gasteiger partial charge in [-0.15, -0.1) is 0 Å². The van der Waals surface area contributed by atoms with Crippen LogP contribution in [-0.2, 0) is 5.41 Å². The first-order chi connectivity index (χ1) is 27.9. The Kier molecular flexibility index (Phi) is 8.35. The number of aromatic nitrogens is 4. The molecule has 57 heavy (non-hydrogen) atoms. The smallest absolute Gasteiger partial charge is 0.164 e. The fourth-order valence-corrected chi connectivity index (χ4v) is 9.68. The molecule has 0 radical (unpaired) electrons. The zero-order valence-corrected chi connectivity index (χ0v) is 33.2. The van der Waals surface area contributed by atoms with E-state index in [1.807, 2.05) is 36.5 Å². The van der Waals surface area contributed by atoms with Gasteiger partial charge in [0.25, 0.3) is 0 Å². The fourth-order valence-electron chi connectivity index (χ4n) is 8.52. The first-order valence-electron chi connectivity index (χ1n) is 19.5. The highest BCUT2D eigenvalue weighted by Gasteiger charge is 2.45.